The Morgan fingerprint density at radius 2 is 1.93 bits per heavy atom. The van der Waals surface area contributed by atoms with Crippen molar-refractivity contribution in [3.63, 3.8) is 0 Å². The largest absolute Gasteiger partial charge is 0.313 e. The second kappa shape index (κ2) is 6.73. The molecule has 0 aromatic heterocycles. The maximum Gasteiger partial charge on any atom is 0.00875 e. The van der Waals surface area contributed by atoms with Crippen LogP contribution in [0.1, 0.15) is 40.0 Å². The van der Waals surface area contributed by atoms with Gasteiger partial charge < -0.3 is 5.32 Å². The Kier molecular flexibility index (Phi) is 5.95. The van der Waals surface area contributed by atoms with E-state index in [1.807, 2.05) is 0 Å². The van der Waals surface area contributed by atoms with Gasteiger partial charge in [-0.3, -0.25) is 0 Å². The topological polar surface area (TPSA) is 12.0 Å². The number of hydrogen-bond acceptors (Lipinski definition) is 2. The molecule has 0 aromatic carbocycles. The van der Waals surface area contributed by atoms with Crippen LogP contribution in [0.5, 0.6) is 0 Å². The molecule has 1 nitrogen and oxygen atoms in total. The molecule has 1 unspecified atom stereocenters. The molecule has 0 aliphatic carbocycles. The van der Waals surface area contributed by atoms with E-state index >= 15 is 0 Å². The van der Waals surface area contributed by atoms with Crippen LogP contribution in [-0.4, -0.2) is 24.1 Å². The fraction of sp³-hybridized carbons (Fsp3) is 1.00. The molecule has 0 aromatic rings. The molecule has 1 saturated heterocycles. The van der Waals surface area contributed by atoms with Gasteiger partial charge >= 0.3 is 0 Å². The monoisotopic (exact) mass is 215 g/mol. The third kappa shape index (κ3) is 4.22. The second-order valence-corrected chi connectivity index (χ2v) is 5.95. The van der Waals surface area contributed by atoms with Gasteiger partial charge in [-0.1, -0.05) is 20.8 Å². The summed E-state index contributed by atoms with van der Waals surface area (Å²) in [6.07, 6.45) is 4.11. The van der Waals surface area contributed by atoms with E-state index in [-0.39, 0.29) is 0 Å². The van der Waals surface area contributed by atoms with Crippen LogP contribution < -0.4 is 5.32 Å². The number of hydrogen-bond donors (Lipinski definition) is 1. The minimum Gasteiger partial charge on any atom is -0.313 e. The first-order valence-corrected chi connectivity index (χ1v) is 7.20. The lowest BCUT2D eigenvalue weighted by Crippen LogP contribution is -2.37. The van der Waals surface area contributed by atoms with Crippen molar-refractivity contribution in [1.82, 2.24) is 5.32 Å². The summed E-state index contributed by atoms with van der Waals surface area (Å²) in [6.45, 7) is 8.17. The lowest BCUT2D eigenvalue weighted by atomic mass is 9.98. The second-order valence-electron chi connectivity index (χ2n) is 4.72. The van der Waals surface area contributed by atoms with Gasteiger partial charge in [-0.15, -0.1) is 0 Å². The predicted octanol–water partition coefficient (Wildman–Crippen LogP) is 3.15. The molecule has 0 amide bonds. The summed E-state index contributed by atoms with van der Waals surface area (Å²) in [5.41, 5.74) is 0. The van der Waals surface area contributed by atoms with Crippen molar-refractivity contribution < 1.29 is 0 Å². The van der Waals surface area contributed by atoms with Gasteiger partial charge in [-0.25, -0.2) is 0 Å². The van der Waals surface area contributed by atoms with Gasteiger partial charge in [-0.2, -0.15) is 11.8 Å². The van der Waals surface area contributed by atoms with Crippen LogP contribution in [0.2, 0.25) is 0 Å². The highest BCUT2D eigenvalue weighted by Gasteiger charge is 2.16. The SMILES string of the molecule is CCC(NCC1CCSCC1)C(C)C. The molecule has 1 atom stereocenters. The maximum atomic E-state index is 3.73. The molecular weight excluding hydrogens is 190 g/mol. The maximum absolute atomic E-state index is 3.73. The van der Waals surface area contributed by atoms with Crippen molar-refractivity contribution in [2.45, 2.75) is 46.1 Å². The van der Waals surface area contributed by atoms with E-state index < -0.39 is 0 Å². The molecule has 1 heterocycles. The van der Waals surface area contributed by atoms with E-state index in [1.165, 1.54) is 37.3 Å². The standard InChI is InChI=1S/C12H25NS/c1-4-12(10(2)3)13-9-11-5-7-14-8-6-11/h10-13H,4-9H2,1-3H3. The van der Waals surface area contributed by atoms with Crippen LogP contribution in [0, 0.1) is 11.8 Å². The van der Waals surface area contributed by atoms with Gasteiger partial charge in [0.05, 0.1) is 0 Å². The van der Waals surface area contributed by atoms with Crippen molar-refractivity contribution >= 4 is 11.8 Å². The van der Waals surface area contributed by atoms with E-state index in [4.69, 9.17) is 0 Å². The van der Waals surface area contributed by atoms with Crippen LogP contribution in [0.25, 0.3) is 0 Å². The molecule has 2 heteroatoms. The zero-order valence-corrected chi connectivity index (χ0v) is 10.7. The van der Waals surface area contributed by atoms with Gasteiger partial charge in [0, 0.05) is 6.04 Å². The average molecular weight is 215 g/mol. The van der Waals surface area contributed by atoms with Crippen LogP contribution in [-0.2, 0) is 0 Å². The Hall–Kier alpha value is 0.310. The molecule has 0 bridgehead atoms. The van der Waals surface area contributed by atoms with Crippen molar-refractivity contribution in [3.05, 3.63) is 0 Å². The van der Waals surface area contributed by atoms with Crippen LogP contribution in [0.3, 0.4) is 0 Å². The minimum absolute atomic E-state index is 0.726. The summed E-state index contributed by atoms with van der Waals surface area (Å²) in [4.78, 5) is 0. The molecule has 1 aliphatic rings. The molecular formula is C12H25NS. The first-order chi connectivity index (χ1) is 6.74. The van der Waals surface area contributed by atoms with Crippen molar-refractivity contribution in [2.24, 2.45) is 11.8 Å². The van der Waals surface area contributed by atoms with Gasteiger partial charge in [0.25, 0.3) is 0 Å². The molecule has 0 spiro atoms. The summed E-state index contributed by atoms with van der Waals surface area (Å²) in [5, 5.41) is 3.73. The summed E-state index contributed by atoms with van der Waals surface area (Å²) < 4.78 is 0. The van der Waals surface area contributed by atoms with Gasteiger partial charge in [0.15, 0.2) is 0 Å². The van der Waals surface area contributed by atoms with E-state index in [1.54, 1.807) is 0 Å². The predicted molar refractivity (Wildman–Crippen MR) is 67.0 cm³/mol. The fourth-order valence-electron chi connectivity index (χ4n) is 2.12. The lowest BCUT2D eigenvalue weighted by molar-refractivity contribution is 0.344. The minimum atomic E-state index is 0.726. The summed E-state index contributed by atoms with van der Waals surface area (Å²) >= 11 is 2.12. The highest BCUT2D eigenvalue weighted by atomic mass is 32.2. The molecule has 14 heavy (non-hydrogen) atoms. The van der Waals surface area contributed by atoms with Crippen molar-refractivity contribution in [3.8, 4) is 0 Å². The van der Waals surface area contributed by atoms with Crippen LogP contribution in [0.15, 0.2) is 0 Å². The number of rotatable bonds is 5. The lowest BCUT2D eigenvalue weighted by Gasteiger charge is -2.26. The van der Waals surface area contributed by atoms with Crippen LogP contribution >= 0.6 is 11.8 Å². The van der Waals surface area contributed by atoms with E-state index in [2.05, 4.69) is 37.8 Å². The van der Waals surface area contributed by atoms with E-state index in [0.29, 0.717) is 0 Å². The average Bonchev–Trinajstić information content (AvgIpc) is 2.20. The van der Waals surface area contributed by atoms with E-state index in [0.717, 1.165) is 17.9 Å². The number of thioether (sulfide) groups is 1. The molecule has 0 saturated carbocycles. The third-order valence-corrected chi connectivity index (χ3v) is 4.30. The Balaban J connectivity index is 2.16. The Morgan fingerprint density at radius 1 is 1.29 bits per heavy atom. The van der Waals surface area contributed by atoms with Gasteiger partial charge in [-0.05, 0) is 49.1 Å². The van der Waals surface area contributed by atoms with E-state index in [9.17, 15) is 0 Å². The van der Waals surface area contributed by atoms with Gasteiger partial charge in [0.1, 0.15) is 0 Å². The quantitative estimate of drug-likeness (QED) is 0.756. The molecule has 1 fully saturated rings. The summed E-state index contributed by atoms with van der Waals surface area (Å²) in [5.74, 6) is 4.48. The van der Waals surface area contributed by atoms with Crippen molar-refractivity contribution in [2.75, 3.05) is 18.1 Å². The summed E-state index contributed by atoms with van der Waals surface area (Å²) in [6, 6.07) is 0.726. The van der Waals surface area contributed by atoms with Gasteiger partial charge in [0.2, 0.25) is 0 Å². The highest BCUT2D eigenvalue weighted by molar-refractivity contribution is 7.99. The molecule has 1 N–H and O–H groups in total. The molecule has 84 valence electrons. The zero-order valence-electron chi connectivity index (χ0n) is 9.88. The summed E-state index contributed by atoms with van der Waals surface area (Å²) in [7, 11) is 0. The molecule has 1 aliphatic heterocycles. The smallest absolute Gasteiger partial charge is 0.00875 e. The Labute approximate surface area is 93.4 Å². The first kappa shape index (κ1) is 12.4. The third-order valence-electron chi connectivity index (χ3n) is 3.25. The fourth-order valence-corrected chi connectivity index (χ4v) is 3.32. The number of nitrogens with one attached hydrogen (secondary N) is 1. The Morgan fingerprint density at radius 3 is 2.43 bits per heavy atom. The first-order valence-electron chi connectivity index (χ1n) is 6.05. The highest BCUT2D eigenvalue weighted by Crippen LogP contribution is 2.22. The zero-order chi connectivity index (χ0) is 10.4. The Bertz CT molecular complexity index is 141. The molecule has 1 rings (SSSR count). The van der Waals surface area contributed by atoms with Crippen LogP contribution in [0.4, 0.5) is 0 Å². The van der Waals surface area contributed by atoms with Crippen molar-refractivity contribution in [1.29, 1.82) is 0 Å². The molecule has 0 radical (unpaired) electrons. The normalized spacial score (nSPS) is 21.4.